The van der Waals surface area contributed by atoms with Crippen LogP contribution in [-0.2, 0) is 7.05 Å². The van der Waals surface area contributed by atoms with E-state index in [0.29, 0.717) is 17.3 Å². The van der Waals surface area contributed by atoms with E-state index in [9.17, 15) is 4.79 Å². The molecule has 0 amide bonds. The van der Waals surface area contributed by atoms with Gasteiger partial charge in [-0.2, -0.15) is 0 Å². The summed E-state index contributed by atoms with van der Waals surface area (Å²) in [6.45, 7) is 0. The molecule has 0 unspecified atom stereocenters. The lowest BCUT2D eigenvalue weighted by molar-refractivity contribution is 0.904. The van der Waals surface area contributed by atoms with Gasteiger partial charge < -0.3 is 9.55 Å². The third-order valence-corrected chi connectivity index (χ3v) is 2.84. The summed E-state index contributed by atoms with van der Waals surface area (Å²) in [5.74, 6) is 1.11. The maximum atomic E-state index is 11.8. The molecule has 5 nitrogen and oxygen atoms in total. The third kappa shape index (κ3) is 2.18. The van der Waals surface area contributed by atoms with E-state index in [-0.39, 0.29) is 5.56 Å². The van der Waals surface area contributed by atoms with Gasteiger partial charge in [-0.1, -0.05) is 30.3 Å². The van der Waals surface area contributed by atoms with E-state index >= 15 is 0 Å². The standard InChI is InChI=1S/C14H12N4O/c1-18-8-7-15-14(18)13-16-11(9-12(19)17-13)10-5-3-2-4-6-10/h2-9H,1H3,(H,16,17,19). The van der Waals surface area contributed by atoms with Crippen LogP contribution >= 0.6 is 0 Å². The monoisotopic (exact) mass is 252 g/mol. The molecule has 2 aromatic heterocycles. The van der Waals surface area contributed by atoms with Crippen LogP contribution in [-0.4, -0.2) is 19.5 Å². The summed E-state index contributed by atoms with van der Waals surface area (Å²) < 4.78 is 1.81. The lowest BCUT2D eigenvalue weighted by Gasteiger charge is -2.04. The summed E-state index contributed by atoms with van der Waals surface area (Å²) in [5.41, 5.74) is 1.36. The highest BCUT2D eigenvalue weighted by atomic mass is 16.1. The van der Waals surface area contributed by atoms with Crippen molar-refractivity contribution in [2.24, 2.45) is 7.05 Å². The van der Waals surface area contributed by atoms with Crippen molar-refractivity contribution in [1.82, 2.24) is 19.5 Å². The van der Waals surface area contributed by atoms with Crippen molar-refractivity contribution in [3.63, 3.8) is 0 Å². The van der Waals surface area contributed by atoms with Crippen molar-refractivity contribution < 1.29 is 0 Å². The molecule has 94 valence electrons. The highest BCUT2D eigenvalue weighted by Gasteiger charge is 2.09. The molecule has 1 aromatic carbocycles. The van der Waals surface area contributed by atoms with E-state index < -0.39 is 0 Å². The highest BCUT2D eigenvalue weighted by Crippen LogP contribution is 2.17. The SMILES string of the molecule is Cn1ccnc1-c1nc(-c2ccccc2)cc(=O)[nH]1. The Morgan fingerprint density at radius 3 is 2.68 bits per heavy atom. The Hall–Kier alpha value is -2.69. The number of nitrogens with one attached hydrogen (secondary N) is 1. The molecular formula is C14H12N4O. The second-order valence-electron chi connectivity index (χ2n) is 4.21. The first-order chi connectivity index (χ1) is 9.24. The van der Waals surface area contributed by atoms with E-state index in [1.165, 1.54) is 6.07 Å². The van der Waals surface area contributed by atoms with Gasteiger partial charge in [0.15, 0.2) is 11.6 Å². The van der Waals surface area contributed by atoms with Crippen LogP contribution in [0.3, 0.4) is 0 Å². The fourth-order valence-corrected chi connectivity index (χ4v) is 1.91. The molecule has 0 aliphatic rings. The second-order valence-corrected chi connectivity index (χ2v) is 4.21. The summed E-state index contributed by atoms with van der Waals surface area (Å²) in [4.78, 5) is 23.1. The van der Waals surface area contributed by atoms with Crippen LogP contribution in [0.15, 0.2) is 53.6 Å². The van der Waals surface area contributed by atoms with Crippen LogP contribution < -0.4 is 5.56 Å². The Morgan fingerprint density at radius 2 is 2.00 bits per heavy atom. The number of rotatable bonds is 2. The maximum absolute atomic E-state index is 11.8. The zero-order valence-electron chi connectivity index (χ0n) is 10.4. The van der Waals surface area contributed by atoms with E-state index in [1.807, 2.05) is 48.1 Å². The predicted molar refractivity (Wildman–Crippen MR) is 72.5 cm³/mol. The van der Waals surface area contributed by atoms with Crippen molar-refractivity contribution in [2.45, 2.75) is 0 Å². The minimum atomic E-state index is -0.188. The number of hydrogen-bond acceptors (Lipinski definition) is 3. The van der Waals surface area contributed by atoms with Gasteiger partial charge in [-0.3, -0.25) is 4.79 Å². The van der Waals surface area contributed by atoms with E-state index in [4.69, 9.17) is 0 Å². The summed E-state index contributed by atoms with van der Waals surface area (Å²) in [7, 11) is 1.86. The summed E-state index contributed by atoms with van der Waals surface area (Å²) >= 11 is 0. The molecule has 2 heterocycles. The molecule has 0 spiro atoms. The van der Waals surface area contributed by atoms with Crippen molar-refractivity contribution >= 4 is 0 Å². The molecule has 3 rings (SSSR count). The number of H-pyrrole nitrogens is 1. The number of hydrogen-bond donors (Lipinski definition) is 1. The smallest absolute Gasteiger partial charge is 0.251 e. The van der Waals surface area contributed by atoms with Crippen LogP contribution in [0.1, 0.15) is 0 Å². The molecule has 5 heteroatoms. The molecule has 19 heavy (non-hydrogen) atoms. The summed E-state index contributed by atoms with van der Waals surface area (Å²) in [6, 6.07) is 11.1. The van der Waals surface area contributed by atoms with Gasteiger partial charge in [-0.05, 0) is 0 Å². The van der Waals surface area contributed by atoms with Crippen LogP contribution in [0.2, 0.25) is 0 Å². The van der Waals surface area contributed by atoms with Crippen LogP contribution in [0.4, 0.5) is 0 Å². The molecule has 0 saturated carbocycles. The lowest BCUT2D eigenvalue weighted by Crippen LogP contribution is -2.10. The number of aryl methyl sites for hydroxylation is 1. The molecule has 0 saturated heterocycles. The molecule has 0 bridgehead atoms. The summed E-state index contributed by atoms with van der Waals surface area (Å²) in [5, 5.41) is 0. The second kappa shape index (κ2) is 4.53. The summed E-state index contributed by atoms with van der Waals surface area (Å²) in [6.07, 6.45) is 3.48. The average Bonchev–Trinajstić information content (AvgIpc) is 2.85. The molecule has 0 atom stereocenters. The Kier molecular flexibility index (Phi) is 2.72. The van der Waals surface area contributed by atoms with Gasteiger partial charge in [-0.25, -0.2) is 9.97 Å². The van der Waals surface area contributed by atoms with E-state index in [2.05, 4.69) is 15.0 Å². The van der Waals surface area contributed by atoms with Crippen LogP contribution in [0.25, 0.3) is 22.9 Å². The van der Waals surface area contributed by atoms with Crippen molar-refractivity contribution in [3.8, 4) is 22.9 Å². The Morgan fingerprint density at radius 1 is 1.21 bits per heavy atom. The Bertz CT molecular complexity index is 758. The van der Waals surface area contributed by atoms with Gasteiger partial charge in [-0.15, -0.1) is 0 Å². The van der Waals surface area contributed by atoms with Crippen molar-refractivity contribution in [3.05, 3.63) is 59.1 Å². The quantitative estimate of drug-likeness (QED) is 0.757. The molecule has 0 aliphatic heterocycles. The zero-order chi connectivity index (χ0) is 13.2. The average molecular weight is 252 g/mol. The molecule has 0 aliphatic carbocycles. The van der Waals surface area contributed by atoms with Crippen LogP contribution in [0, 0.1) is 0 Å². The molecule has 0 radical (unpaired) electrons. The molecule has 1 N–H and O–H groups in total. The number of aromatic amines is 1. The molecular weight excluding hydrogens is 240 g/mol. The van der Waals surface area contributed by atoms with E-state index in [0.717, 1.165) is 5.56 Å². The van der Waals surface area contributed by atoms with Crippen molar-refractivity contribution in [1.29, 1.82) is 0 Å². The number of imidazole rings is 1. The van der Waals surface area contributed by atoms with Gasteiger partial charge in [0, 0.05) is 31.1 Å². The fraction of sp³-hybridized carbons (Fsp3) is 0.0714. The van der Waals surface area contributed by atoms with Gasteiger partial charge in [0.25, 0.3) is 5.56 Å². The fourth-order valence-electron chi connectivity index (χ4n) is 1.91. The topological polar surface area (TPSA) is 63.6 Å². The van der Waals surface area contributed by atoms with Gasteiger partial charge in [0.05, 0.1) is 5.69 Å². The maximum Gasteiger partial charge on any atom is 0.251 e. The first-order valence-electron chi connectivity index (χ1n) is 5.88. The predicted octanol–water partition coefficient (Wildman–Crippen LogP) is 1.84. The Labute approximate surface area is 109 Å². The molecule has 3 aromatic rings. The van der Waals surface area contributed by atoms with Gasteiger partial charge >= 0.3 is 0 Å². The lowest BCUT2D eigenvalue weighted by atomic mass is 10.1. The number of nitrogens with zero attached hydrogens (tertiary/aromatic N) is 3. The van der Waals surface area contributed by atoms with Crippen molar-refractivity contribution in [2.75, 3.05) is 0 Å². The first-order valence-corrected chi connectivity index (χ1v) is 5.88. The van der Waals surface area contributed by atoms with Gasteiger partial charge in [0.1, 0.15) is 0 Å². The van der Waals surface area contributed by atoms with E-state index in [1.54, 1.807) is 6.20 Å². The normalized spacial score (nSPS) is 10.6. The minimum Gasteiger partial charge on any atom is -0.331 e. The minimum absolute atomic E-state index is 0.188. The highest BCUT2D eigenvalue weighted by molar-refractivity contribution is 5.60. The third-order valence-electron chi connectivity index (χ3n) is 2.84. The Balaban J connectivity index is 2.17. The first kappa shape index (κ1) is 11.4. The van der Waals surface area contributed by atoms with Gasteiger partial charge in [0.2, 0.25) is 0 Å². The largest absolute Gasteiger partial charge is 0.331 e. The number of benzene rings is 1. The van der Waals surface area contributed by atoms with Crippen LogP contribution in [0.5, 0.6) is 0 Å². The molecule has 0 fully saturated rings. The zero-order valence-corrected chi connectivity index (χ0v) is 10.4. The number of aromatic nitrogens is 4.